The molecule has 2 N–H and O–H groups in total. The molecule has 0 saturated carbocycles. The van der Waals surface area contributed by atoms with E-state index >= 15 is 0 Å². The number of halogens is 4. The number of rotatable bonds is 4. The second kappa shape index (κ2) is 8.00. The Hall–Kier alpha value is -3.86. The highest BCUT2D eigenvalue weighted by atomic mass is 35.5. The van der Waals surface area contributed by atoms with Crippen molar-refractivity contribution in [3.05, 3.63) is 75.6 Å². The summed E-state index contributed by atoms with van der Waals surface area (Å²) >= 11 is 5.95. The molecule has 3 aromatic heterocycles. The highest BCUT2D eigenvalue weighted by Gasteiger charge is 2.41. The number of aromatic nitrogens is 4. The Bertz CT molecular complexity index is 1400. The van der Waals surface area contributed by atoms with Crippen LogP contribution in [0.3, 0.4) is 0 Å². The monoisotopic (exact) mass is 463 g/mol. The molecule has 164 valence electrons. The fraction of sp³-hybridized carbons (Fsp3) is 0.100. The van der Waals surface area contributed by atoms with Crippen LogP contribution in [0, 0.1) is 0 Å². The van der Waals surface area contributed by atoms with Crippen molar-refractivity contribution < 1.29 is 22.7 Å². The maximum Gasteiger partial charge on any atom is 0.434 e. The van der Waals surface area contributed by atoms with E-state index in [1.165, 1.54) is 49.8 Å². The molecular formula is C20H13ClF3N5O3. The number of pyridine rings is 2. The van der Waals surface area contributed by atoms with Crippen molar-refractivity contribution in [2.24, 2.45) is 0 Å². The second-order valence-corrected chi connectivity index (χ2v) is 6.94. The molecule has 4 aromatic rings. The third-order valence-electron chi connectivity index (χ3n) is 4.56. The first-order chi connectivity index (χ1) is 15.2. The molecule has 0 unspecified atom stereocenters. The Kier molecular flexibility index (Phi) is 5.35. The molecular weight excluding hydrogens is 451 g/mol. The van der Waals surface area contributed by atoms with Gasteiger partial charge in [0.1, 0.15) is 5.02 Å². The number of carbonyl (C=O) groups is 1. The summed E-state index contributed by atoms with van der Waals surface area (Å²) in [7, 11) is 1.34. The summed E-state index contributed by atoms with van der Waals surface area (Å²) in [5, 5.41) is 6.61. The van der Waals surface area contributed by atoms with Gasteiger partial charge in [-0.2, -0.15) is 18.3 Å². The molecule has 0 aliphatic rings. The summed E-state index contributed by atoms with van der Waals surface area (Å²) in [5.41, 5.74) is -2.42. The van der Waals surface area contributed by atoms with Crippen LogP contribution in [-0.4, -0.2) is 32.8 Å². The highest BCUT2D eigenvalue weighted by Crippen LogP contribution is 2.35. The van der Waals surface area contributed by atoms with Crippen molar-refractivity contribution in [1.29, 1.82) is 0 Å². The van der Waals surface area contributed by atoms with Crippen LogP contribution >= 0.6 is 11.6 Å². The van der Waals surface area contributed by atoms with Gasteiger partial charge in [0.2, 0.25) is 5.88 Å². The van der Waals surface area contributed by atoms with Gasteiger partial charge in [-0.15, -0.1) is 0 Å². The molecule has 12 heteroatoms. The third kappa shape index (κ3) is 3.78. The first-order valence-electron chi connectivity index (χ1n) is 8.97. The van der Waals surface area contributed by atoms with Crippen LogP contribution < -0.4 is 15.6 Å². The number of hydrogen-bond acceptors (Lipinski definition) is 5. The Morgan fingerprint density at radius 1 is 1.22 bits per heavy atom. The van der Waals surface area contributed by atoms with Gasteiger partial charge in [0, 0.05) is 17.0 Å². The average Bonchev–Trinajstić information content (AvgIpc) is 3.20. The van der Waals surface area contributed by atoms with Gasteiger partial charge >= 0.3 is 6.18 Å². The molecule has 0 aliphatic carbocycles. The van der Waals surface area contributed by atoms with E-state index in [-0.39, 0.29) is 33.0 Å². The van der Waals surface area contributed by atoms with E-state index in [1.54, 1.807) is 0 Å². The van der Waals surface area contributed by atoms with Gasteiger partial charge in [-0.05, 0) is 24.3 Å². The number of carbonyl (C=O) groups excluding carboxylic acids is 1. The minimum Gasteiger partial charge on any atom is -0.480 e. The molecule has 0 aliphatic heterocycles. The maximum atomic E-state index is 14.0. The standard InChI is InChI=1S/C20H13ClF3N5O3/c1-32-19-14(21)7-10(8-26-19)28-18(31)13-9-27-29(16(13)20(22,23)24)15-4-2-3-12-11(15)5-6-25-17(12)30/h2-9H,1H3,(H,25,30)(H,28,31). The summed E-state index contributed by atoms with van der Waals surface area (Å²) in [4.78, 5) is 31.1. The largest absolute Gasteiger partial charge is 0.480 e. The van der Waals surface area contributed by atoms with E-state index in [9.17, 15) is 22.8 Å². The molecule has 4 rings (SSSR count). The number of fused-ring (bicyclic) bond motifs is 1. The van der Waals surface area contributed by atoms with Crippen molar-refractivity contribution >= 4 is 34.0 Å². The highest BCUT2D eigenvalue weighted by molar-refractivity contribution is 6.32. The van der Waals surface area contributed by atoms with E-state index in [2.05, 4.69) is 20.4 Å². The number of anilines is 1. The Labute approximate surface area is 182 Å². The van der Waals surface area contributed by atoms with Gasteiger partial charge in [0.05, 0.1) is 36.4 Å². The SMILES string of the molecule is COc1ncc(NC(=O)c2cnn(-c3cccc4c(=O)[nH]ccc34)c2C(F)(F)F)cc1Cl. The summed E-state index contributed by atoms with van der Waals surface area (Å²) < 4.78 is 47.5. The lowest BCUT2D eigenvalue weighted by Crippen LogP contribution is -2.21. The Balaban J connectivity index is 1.81. The molecule has 0 saturated heterocycles. The number of aromatic amines is 1. The van der Waals surface area contributed by atoms with Gasteiger partial charge in [0.15, 0.2) is 5.69 Å². The average molecular weight is 464 g/mol. The Morgan fingerprint density at radius 2 is 2.00 bits per heavy atom. The number of amides is 1. The fourth-order valence-electron chi connectivity index (χ4n) is 3.20. The van der Waals surface area contributed by atoms with Crippen LogP contribution in [0.5, 0.6) is 5.88 Å². The normalized spacial score (nSPS) is 11.5. The minimum atomic E-state index is -4.93. The van der Waals surface area contributed by atoms with E-state index in [1.807, 2.05) is 0 Å². The van der Waals surface area contributed by atoms with Crippen LogP contribution in [0.1, 0.15) is 16.1 Å². The van der Waals surface area contributed by atoms with Crippen LogP contribution in [0.25, 0.3) is 16.5 Å². The zero-order valence-electron chi connectivity index (χ0n) is 16.2. The molecule has 0 bridgehead atoms. The summed E-state index contributed by atoms with van der Waals surface area (Å²) in [5.74, 6) is -0.968. The number of ether oxygens (including phenoxy) is 1. The molecule has 0 atom stereocenters. The third-order valence-corrected chi connectivity index (χ3v) is 4.83. The molecule has 1 aromatic carbocycles. The molecule has 8 nitrogen and oxygen atoms in total. The van der Waals surface area contributed by atoms with Crippen molar-refractivity contribution in [1.82, 2.24) is 19.7 Å². The first-order valence-corrected chi connectivity index (χ1v) is 9.35. The Morgan fingerprint density at radius 3 is 2.69 bits per heavy atom. The fourth-order valence-corrected chi connectivity index (χ4v) is 3.45. The molecule has 32 heavy (non-hydrogen) atoms. The van der Waals surface area contributed by atoms with Crippen molar-refractivity contribution in [3.8, 4) is 11.6 Å². The number of nitrogens with zero attached hydrogens (tertiary/aromatic N) is 3. The van der Waals surface area contributed by atoms with Crippen molar-refractivity contribution in [2.75, 3.05) is 12.4 Å². The number of benzene rings is 1. The lowest BCUT2D eigenvalue weighted by Gasteiger charge is -2.14. The second-order valence-electron chi connectivity index (χ2n) is 6.53. The first kappa shape index (κ1) is 21.4. The minimum absolute atomic E-state index is 0.00543. The number of methoxy groups -OCH3 is 1. The molecule has 0 radical (unpaired) electrons. The topological polar surface area (TPSA) is 102 Å². The van der Waals surface area contributed by atoms with Gasteiger partial charge < -0.3 is 15.0 Å². The van der Waals surface area contributed by atoms with Gasteiger partial charge in [0.25, 0.3) is 11.5 Å². The van der Waals surface area contributed by atoms with Crippen molar-refractivity contribution in [3.63, 3.8) is 0 Å². The summed E-state index contributed by atoms with van der Waals surface area (Å²) in [6.07, 6.45) is -1.61. The van der Waals surface area contributed by atoms with E-state index in [0.717, 1.165) is 6.20 Å². The van der Waals surface area contributed by atoms with Crippen LogP contribution in [-0.2, 0) is 6.18 Å². The lowest BCUT2D eigenvalue weighted by molar-refractivity contribution is -0.143. The number of nitrogens with one attached hydrogen (secondary N) is 2. The quantitative estimate of drug-likeness (QED) is 0.475. The zero-order valence-corrected chi connectivity index (χ0v) is 17.0. The van der Waals surface area contributed by atoms with E-state index in [0.29, 0.717) is 4.68 Å². The molecule has 0 fully saturated rings. The predicted octanol–water partition coefficient (Wildman–Crippen LogP) is 4.04. The summed E-state index contributed by atoms with van der Waals surface area (Å²) in [6, 6.07) is 7.03. The smallest absolute Gasteiger partial charge is 0.434 e. The van der Waals surface area contributed by atoms with Crippen LogP contribution in [0.2, 0.25) is 5.02 Å². The van der Waals surface area contributed by atoms with Crippen LogP contribution in [0.15, 0.2) is 53.7 Å². The lowest BCUT2D eigenvalue weighted by atomic mass is 10.1. The predicted molar refractivity (Wildman–Crippen MR) is 110 cm³/mol. The van der Waals surface area contributed by atoms with E-state index < -0.39 is 28.9 Å². The number of alkyl halides is 3. The number of H-pyrrole nitrogens is 1. The zero-order chi connectivity index (χ0) is 23.0. The molecule has 0 spiro atoms. The van der Waals surface area contributed by atoms with E-state index in [4.69, 9.17) is 16.3 Å². The number of hydrogen-bond donors (Lipinski definition) is 2. The van der Waals surface area contributed by atoms with Crippen LogP contribution in [0.4, 0.5) is 18.9 Å². The molecule has 1 amide bonds. The summed E-state index contributed by atoms with van der Waals surface area (Å²) in [6.45, 7) is 0. The molecule has 3 heterocycles. The maximum absolute atomic E-state index is 14.0. The van der Waals surface area contributed by atoms with Gasteiger partial charge in [-0.1, -0.05) is 17.7 Å². The van der Waals surface area contributed by atoms with Crippen molar-refractivity contribution in [2.45, 2.75) is 6.18 Å². The van der Waals surface area contributed by atoms with Gasteiger partial charge in [-0.25, -0.2) is 9.67 Å². The van der Waals surface area contributed by atoms with Gasteiger partial charge in [-0.3, -0.25) is 9.59 Å².